The van der Waals surface area contributed by atoms with Crippen molar-refractivity contribution < 1.29 is 31.1 Å². The molecule has 7 heteroatoms. The van der Waals surface area contributed by atoms with Gasteiger partial charge in [-0.1, -0.05) is 70.4 Å². The summed E-state index contributed by atoms with van der Waals surface area (Å²) in [5.41, 5.74) is -1.20. The zero-order valence-electron chi connectivity index (χ0n) is 25.3. The summed E-state index contributed by atoms with van der Waals surface area (Å²) in [6.45, 7) is 2.25. The van der Waals surface area contributed by atoms with E-state index in [1.54, 1.807) is 0 Å². The van der Waals surface area contributed by atoms with Crippen LogP contribution in [0.15, 0.2) is 42.5 Å². The van der Waals surface area contributed by atoms with Crippen LogP contribution in [0.1, 0.15) is 127 Å². The Labute approximate surface area is 253 Å². The Morgan fingerprint density at radius 3 is 1.81 bits per heavy atom. The number of halogens is 6. The lowest BCUT2D eigenvalue weighted by atomic mass is 9.76. The number of unbranched alkanes of at least 4 members (excludes halogenated alkanes) is 6. The fraction of sp³-hybridized carbons (Fsp3) is 0.611. The zero-order valence-corrected chi connectivity index (χ0v) is 25.3. The molecule has 0 spiro atoms. The minimum absolute atomic E-state index is 0.120. The SMILES string of the molecule is CCCCCCCCCC1CCC(/C=C/C2CCC(c3cc(F)c(C(F)(F)Oc4ccc(F)c(F)c4)c(F)c3)CC2)CC1. The molecule has 2 aliphatic carbocycles. The number of hydrogen-bond donors (Lipinski definition) is 0. The average Bonchev–Trinajstić information content (AvgIpc) is 2.97. The lowest BCUT2D eigenvalue weighted by Crippen LogP contribution is -2.25. The Hall–Kier alpha value is -2.44. The maximum atomic E-state index is 14.8. The van der Waals surface area contributed by atoms with Gasteiger partial charge < -0.3 is 4.74 Å². The predicted molar refractivity (Wildman–Crippen MR) is 159 cm³/mol. The van der Waals surface area contributed by atoms with E-state index >= 15 is 0 Å². The van der Waals surface area contributed by atoms with Crippen molar-refractivity contribution in [3.8, 4) is 5.75 Å². The molecule has 0 amide bonds. The molecule has 0 saturated heterocycles. The van der Waals surface area contributed by atoms with Gasteiger partial charge in [0.25, 0.3) is 0 Å². The Kier molecular flexibility index (Phi) is 12.5. The highest BCUT2D eigenvalue weighted by atomic mass is 19.3. The highest BCUT2D eigenvalue weighted by Crippen LogP contribution is 2.41. The molecule has 2 aromatic carbocycles. The lowest BCUT2D eigenvalue weighted by Gasteiger charge is -2.29. The summed E-state index contributed by atoms with van der Waals surface area (Å²) in [6, 6.07) is 3.68. The van der Waals surface area contributed by atoms with Crippen LogP contribution in [0.5, 0.6) is 5.75 Å². The van der Waals surface area contributed by atoms with E-state index in [1.165, 1.54) is 77.0 Å². The third kappa shape index (κ3) is 9.78. The van der Waals surface area contributed by atoms with Gasteiger partial charge in [0.05, 0.1) is 0 Å². The van der Waals surface area contributed by atoms with Crippen LogP contribution in [0.25, 0.3) is 0 Å². The van der Waals surface area contributed by atoms with Gasteiger partial charge in [-0.2, -0.15) is 8.78 Å². The molecule has 0 aromatic heterocycles. The van der Waals surface area contributed by atoms with Crippen molar-refractivity contribution in [3.63, 3.8) is 0 Å². The minimum Gasteiger partial charge on any atom is -0.429 e. The number of allylic oxidation sites excluding steroid dienone is 2. The van der Waals surface area contributed by atoms with E-state index in [2.05, 4.69) is 23.8 Å². The van der Waals surface area contributed by atoms with Crippen molar-refractivity contribution in [3.05, 3.63) is 76.9 Å². The highest BCUT2D eigenvalue weighted by Gasteiger charge is 2.41. The van der Waals surface area contributed by atoms with E-state index in [0.29, 0.717) is 29.5 Å². The lowest BCUT2D eigenvalue weighted by molar-refractivity contribution is -0.189. The Morgan fingerprint density at radius 1 is 0.674 bits per heavy atom. The van der Waals surface area contributed by atoms with Crippen molar-refractivity contribution in [1.82, 2.24) is 0 Å². The summed E-state index contributed by atoms with van der Waals surface area (Å²) in [5.74, 6) is -4.44. The molecule has 0 N–H and O–H groups in total. The van der Waals surface area contributed by atoms with E-state index in [-0.39, 0.29) is 5.92 Å². The first-order valence-electron chi connectivity index (χ1n) is 16.4. The van der Waals surface area contributed by atoms with Crippen molar-refractivity contribution in [2.75, 3.05) is 0 Å². The molecule has 2 aromatic rings. The number of ether oxygens (including phenoxy) is 1. The fourth-order valence-corrected chi connectivity index (χ4v) is 6.86. The third-order valence-corrected chi connectivity index (χ3v) is 9.50. The molecule has 2 saturated carbocycles. The smallest absolute Gasteiger partial charge is 0.429 e. The summed E-state index contributed by atoms with van der Waals surface area (Å²) in [4.78, 5) is 0. The van der Waals surface area contributed by atoms with E-state index in [1.807, 2.05) is 0 Å². The second kappa shape index (κ2) is 16.0. The van der Waals surface area contributed by atoms with Gasteiger partial charge in [-0.15, -0.1) is 0 Å². The summed E-state index contributed by atoms with van der Waals surface area (Å²) >= 11 is 0. The number of alkyl halides is 2. The van der Waals surface area contributed by atoms with Crippen LogP contribution in [0, 0.1) is 41.0 Å². The first kappa shape index (κ1) is 33.5. The van der Waals surface area contributed by atoms with Gasteiger partial charge >= 0.3 is 6.11 Å². The van der Waals surface area contributed by atoms with Gasteiger partial charge in [0.2, 0.25) is 0 Å². The van der Waals surface area contributed by atoms with Crippen molar-refractivity contribution in [1.29, 1.82) is 0 Å². The third-order valence-electron chi connectivity index (χ3n) is 9.50. The molecule has 0 heterocycles. The van der Waals surface area contributed by atoms with Gasteiger partial charge in [-0.05, 0) is 105 Å². The monoisotopic (exact) mass is 608 g/mol. The summed E-state index contributed by atoms with van der Waals surface area (Å²) in [5, 5.41) is 0. The van der Waals surface area contributed by atoms with Crippen LogP contribution in [-0.2, 0) is 6.11 Å². The van der Waals surface area contributed by atoms with Crippen molar-refractivity contribution in [2.45, 2.75) is 122 Å². The van der Waals surface area contributed by atoms with Crippen LogP contribution in [0.2, 0.25) is 0 Å². The molecule has 43 heavy (non-hydrogen) atoms. The van der Waals surface area contributed by atoms with E-state index in [0.717, 1.165) is 49.8 Å². The second-order valence-corrected chi connectivity index (χ2v) is 12.7. The Bertz CT molecular complexity index is 1160. The van der Waals surface area contributed by atoms with Crippen molar-refractivity contribution in [2.24, 2.45) is 17.8 Å². The molecule has 0 radical (unpaired) electrons. The van der Waals surface area contributed by atoms with Crippen LogP contribution in [0.3, 0.4) is 0 Å². The standard InChI is InChI=1S/C36H46F6O/c1-2-3-4-5-6-7-8-9-25-10-12-26(13-11-25)14-15-27-16-18-28(19-17-27)29-22-33(39)35(34(40)23-29)36(41,42)43-30-20-21-31(37)32(38)24-30/h14-15,20-28H,2-13,16-19H2,1H3/b15-14+. The van der Waals surface area contributed by atoms with Gasteiger partial charge in [0, 0.05) is 6.07 Å². The molecule has 2 fully saturated rings. The minimum atomic E-state index is -4.41. The van der Waals surface area contributed by atoms with Gasteiger partial charge in [-0.3, -0.25) is 0 Å². The van der Waals surface area contributed by atoms with E-state index in [9.17, 15) is 26.3 Å². The fourth-order valence-electron chi connectivity index (χ4n) is 6.86. The van der Waals surface area contributed by atoms with Gasteiger partial charge in [0.1, 0.15) is 22.9 Å². The van der Waals surface area contributed by atoms with Crippen LogP contribution < -0.4 is 4.74 Å². The summed E-state index contributed by atoms with van der Waals surface area (Å²) in [6.07, 6.45) is 19.6. The molecule has 0 aliphatic heterocycles. The molecular formula is C36H46F6O. The van der Waals surface area contributed by atoms with Gasteiger partial charge in [-0.25, -0.2) is 17.6 Å². The van der Waals surface area contributed by atoms with Crippen molar-refractivity contribution >= 4 is 0 Å². The topological polar surface area (TPSA) is 9.23 Å². The molecular weight excluding hydrogens is 562 g/mol. The molecule has 0 unspecified atom stereocenters. The first-order valence-corrected chi connectivity index (χ1v) is 16.4. The van der Waals surface area contributed by atoms with Crippen LogP contribution in [-0.4, -0.2) is 0 Å². The number of benzene rings is 2. The highest BCUT2D eigenvalue weighted by molar-refractivity contribution is 5.32. The van der Waals surface area contributed by atoms with Gasteiger partial charge in [0.15, 0.2) is 11.6 Å². The molecule has 0 atom stereocenters. The first-order chi connectivity index (χ1) is 20.7. The van der Waals surface area contributed by atoms with Crippen LogP contribution in [0.4, 0.5) is 26.3 Å². The molecule has 2 aliphatic rings. The quantitative estimate of drug-likeness (QED) is 0.118. The number of hydrogen-bond acceptors (Lipinski definition) is 1. The maximum Gasteiger partial charge on any atom is 0.432 e. The number of rotatable bonds is 14. The molecule has 238 valence electrons. The maximum absolute atomic E-state index is 14.8. The van der Waals surface area contributed by atoms with Crippen LogP contribution >= 0.6 is 0 Å². The zero-order chi connectivity index (χ0) is 30.8. The van der Waals surface area contributed by atoms with E-state index in [4.69, 9.17) is 0 Å². The predicted octanol–water partition coefficient (Wildman–Crippen LogP) is 12.1. The van der Waals surface area contributed by atoms with E-state index < -0.39 is 40.7 Å². The molecule has 1 nitrogen and oxygen atoms in total. The largest absolute Gasteiger partial charge is 0.432 e. The summed E-state index contributed by atoms with van der Waals surface area (Å²) in [7, 11) is 0. The normalized spacial score (nSPS) is 23.1. The second-order valence-electron chi connectivity index (χ2n) is 12.7. The summed E-state index contributed by atoms with van der Waals surface area (Å²) < 4.78 is 89.9. The Balaban J connectivity index is 1.21. The molecule has 0 bridgehead atoms. The Morgan fingerprint density at radius 2 is 1.23 bits per heavy atom. The average molecular weight is 609 g/mol. The molecule has 4 rings (SSSR count).